The highest BCUT2D eigenvalue weighted by Gasteiger charge is 2.14. The number of carbonyl (C=O) groups is 2. The van der Waals surface area contributed by atoms with Crippen molar-refractivity contribution < 1.29 is 9.59 Å². The van der Waals surface area contributed by atoms with E-state index in [1.165, 1.54) is 11.3 Å². The Labute approximate surface area is 133 Å². The van der Waals surface area contributed by atoms with Crippen LogP contribution in [0.4, 0.5) is 5.69 Å². The van der Waals surface area contributed by atoms with Crippen LogP contribution in [-0.4, -0.2) is 23.9 Å². The average Bonchev–Trinajstić information content (AvgIpc) is 2.98. The zero-order valence-corrected chi connectivity index (χ0v) is 13.4. The van der Waals surface area contributed by atoms with Crippen molar-refractivity contribution in [2.45, 2.75) is 19.4 Å². The zero-order chi connectivity index (χ0) is 16.2. The summed E-state index contributed by atoms with van der Waals surface area (Å²) in [6.07, 6.45) is 0. The van der Waals surface area contributed by atoms with Gasteiger partial charge in [-0.3, -0.25) is 9.59 Å². The Balaban J connectivity index is 2.03. The molecule has 2 amide bonds. The normalized spacial score (nSPS) is 11.0. The van der Waals surface area contributed by atoms with Crippen LogP contribution < -0.4 is 16.4 Å². The predicted octanol–water partition coefficient (Wildman–Crippen LogP) is 2.47. The van der Waals surface area contributed by atoms with Crippen molar-refractivity contribution in [1.82, 2.24) is 5.32 Å². The molecule has 0 aliphatic carbocycles. The molecule has 0 spiro atoms. The highest BCUT2D eigenvalue weighted by Crippen LogP contribution is 2.15. The van der Waals surface area contributed by atoms with Crippen molar-refractivity contribution in [2.75, 3.05) is 11.9 Å². The molecule has 0 saturated heterocycles. The van der Waals surface area contributed by atoms with E-state index in [2.05, 4.69) is 10.6 Å². The van der Waals surface area contributed by atoms with E-state index in [4.69, 9.17) is 5.73 Å². The first kappa shape index (κ1) is 16.2. The summed E-state index contributed by atoms with van der Waals surface area (Å²) in [5.41, 5.74) is 6.43. The Morgan fingerprint density at radius 1 is 1.18 bits per heavy atom. The Kier molecular flexibility index (Phi) is 4.95. The molecule has 1 aromatic heterocycles. The highest BCUT2D eigenvalue weighted by molar-refractivity contribution is 7.12. The first-order chi connectivity index (χ1) is 10.3. The fraction of sp³-hybridized carbons (Fsp3) is 0.250. The zero-order valence-electron chi connectivity index (χ0n) is 12.6. The second kappa shape index (κ2) is 6.72. The molecular weight excluding hydrogens is 298 g/mol. The minimum atomic E-state index is -0.472. The van der Waals surface area contributed by atoms with Gasteiger partial charge < -0.3 is 16.4 Å². The lowest BCUT2D eigenvalue weighted by atomic mass is 10.1. The average molecular weight is 317 g/mol. The van der Waals surface area contributed by atoms with Crippen LogP contribution in [0, 0.1) is 0 Å². The number of nitrogens with two attached hydrogens (primary N) is 1. The van der Waals surface area contributed by atoms with Crippen LogP contribution in [0.2, 0.25) is 0 Å². The summed E-state index contributed by atoms with van der Waals surface area (Å²) in [5, 5.41) is 7.39. The number of thiophene rings is 1. The van der Waals surface area contributed by atoms with Gasteiger partial charge >= 0.3 is 0 Å². The van der Waals surface area contributed by atoms with Crippen molar-refractivity contribution in [3.63, 3.8) is 0 Å². The second-order valence-corrected chi connectivity index (χ2v) is 6.63. The number of benzene rings is 1. The molecule has 0 atom stereocenters. The van der Waals surface area contributed by atoms with Crippen LogP contribution in [0.15, 0.2) is 41.8 Å². The minimum Gasteiger partial charge on any atom is -0.350 e. The highest BCUT2D eigenvalue weighted by atomic mass is 32.1. The number of nitrogens with one attached hydrogen (secondary N) is 2. The molecule has 6 heteroatoms. The third-order valence-corrected chi connectivity index (χ3v) is 3.70. The molecule has 1 aromatic carbocycles. The molecule has 22 heavy (non-hydrogen) atoms. The number of hydrogen-bond acceptors (Lipinski definition) is 4. The summed E-state index contributed by atoms with van der Waals surface area (Å²) >= 11 is 1.37. The van der Waals surface area contributed by atoms with Crippen molar-refractivity contribution in [3.8, 4) is 0 Å². The number of amides is 2. The molecule has 0 aliphatic heterocycles. The van der Waals surface area contributed by atoms with E-state index in [-0.39, 0.29) is 11.8 Å². The van der Waals surface area contributed by atoms with Gasteiger partial charge in [0.05, 0.1) is 4.88 Å². The Morgan fingerprint density at radius 3 is 2.59 bits per heavy atom. The summed E-state index contributed by atoms with van der Waals surface area (Å²) in [4.78, 5) is 24.7. The van der Waals surface area contributed by atoms with Crippen LogP contribution in [0.1, 0.15) is 33.9 Å². The van der Waals surface area contributed by atoms with Crippen LogP contribution in [-0.2, 0) is 0 Å². The fourth-order valence-electron chi connectivity index (χ4n) is 1.75. The smallest absolute Gasteiger partial charge is 0.265 e. The van der Waals surface area contributed by atoms with Gasteiger partial charge in [-0.05, 0) is 43.5 Å². The molecule has 0 bridgehead atoms. The van der Waals surface area contributed by atoms with E-state index in [1.54, 1.807) is 30.3 Å². The molecule has 2 rings (SSSR count). The summed E-state index contributed by atoms with van der Waals surface area (Å²) in [6, 6.07) is 10.4. The lowest BCUT2D eigenvalue weighted by Gasteiger charge is -2.19. The number of anilines is 1. The monoisotopic (exact) mass is 317 g/mol. The van der Waals surface area contributed by atoms with Crippen LogP contribution >= 0.6 is 11.3 Å². The molecule has 1 heterocycles. The van der Waals surface area contributed by atoms with Gasteiger partial charge in [0, 0.05) is 23.3 Å². The fourth-order valence-corrected chi connectivity index (χ4v) is 2.37. The van der Waals surface area contributed by atoms with E-state index in [1.807, 2.05) is 25.3 Å². The third kappa shape index (κ3) is 4.68. The van der Waals surface area contributed by atoms with Gasteiger partial charge in [0.15, 0.2) is 0 Å². The summed E-state index contributed by atoms with van der Waals surface area (Å²) < 4.78 is 0. The topological polar surface area (TPSA) is 84.2 Å². The van der Waals surface area contributed by atoms with Gasteiger partial charge in [-0.25, -0.2) is 0 Å². The lowest BCUT2D eigenvalue weighted by molar-refractivity contribution is 0.0945. The molecule has 0 fully saturated rings. The van der Waals surface area contributed by atoms with Gasteiger partial charge in [-0.2, -0.15) is 0 Å². The maximum Gasteiger partial charge on any atom is 0.265 e. The van der Waals surface area contributed by atoms with E-state index in [0.29, 0.717) is 22.7 Å². The van der Waals surface area contributed by atoms with Gasteiger partial charge in [-0.15, -0.1) is 11.3 Å². The molecule has 5 nitrogen and oxygen atoms in total. The second-order valence-electron chi connectivity index (χ2n) is 5.68. The Bertz CT molecular complexity index is 660. The summed E-state index contributed by atoms with van der Waals surface area (Å²) in [6.45, 7) is 4.05. The molecule has 0 unspecified atom stereocenters. The number of hydrogen-bond donors (Lipinski definition) is 3. The van der Waals surface area contributed by atoms with Gasteiger partial charge in [0.2, 0.25) is 0 Å². The van der Waals surface area contributed by atoms with Gasteiger partial charge in [-0.1, -0.05) is 12.1 Å². The van der Waals surface area contributed by atoms with Gasteiger partial charge in [0.1, 0.15) is 0 Å². The quantitative estimate of drug-likeness (QED) is 0.792. The third-order valence-electron chi connectivity index (χ3n) is 2.83. The first-order valence-corrected chi connectivity index (χ1v) is 7.75. The first-order valence-electron chi connectivity index (χ1n) is 6.87. The van der Waals surface area contributed by atoms with Crippen LogP contribution in [0.3, 0.4) is 0 Å². The molecule has 0 radical (unpaired) electrons. The maximum absolute atomic E-state index is 12.1. The van der Waals surface area contributed by atoms with Crippen molar-refractivity contribution in [3.05, 3.63) is 52.2 Å². The molecule has 0 aliphatic rings. The SMILES string of the molecule is CC(C)(N)CNC(=O)c1cccc(NC(=O)c2cccs2)c1. The maximum atomic E-state index is 12.1. The van der Waals surface area contributed by atoms with Crippen molar-refractivity contribution in [2.24, 2.45) is 5.73 Å². The van der Waals surface area contributed by atoms with Gasteiger partial charge in [0.25, 0.3) is 11.8 Å². The van der Waals surface area contributed by atoms with Crippen LogP contribution in [0.25, 0.3) is 0 Å². The number of carbonyl (C=O) groups excluding carboxylic acids is 2. The minimum absolute atomic E-state index is 0.185. The summed E-state index contributed by atoms with van der Waals surface area (Å²) in [7, 11) is 0. The van der Waals surface area contributed by atoms with E-state index in [9.17, 15) is 9.59 Å². The Morgan fingerprint density at radius 2 is 1.95 bits per heavy atom. The summed E-state index contributed by atoms with van der Waals surface area (Å²) in [5.74, 6) is -0.401. The molecule has 4 N–H and O–H groups in total. The van der Waals surface area contributed by atoms with Crippen molar-refractivity contribution in [1.29, 1.82) is 0 Å². The van der Waals surface area contributed by atoms with Crippen LogP contribution in [0.5, 0.6) is 0 Å². The largest absolute Gasteiger partial charge is 0.350 e. The van der Waals surface area contributed by atoms with Crippen molar-refractivity contribution >= 4 is 28.8 Å². The Hall–Kier alpha value is -2.18. The molecule has 116 valence electrons. The standard InChI is InChI=1S/C16H19N3O2S/c1-16(2,17)10-18-14(20)11-5-3-6-12(9-11)19-15(21)13-7-4-8-22-13/h3-9H,10,17H2,1-2H3,(H,18,20)(H,19,21). The molecule has 0 saturated carbocycles. The predicted molar refractivity (Wildman–Crippen MR) is 89.3 cm³/mol. The van der Waals surface area contributed by atoms with E-state index in [0.717, 1.165) is 0 Å². The molecular formula is C16H19N3O2S. The lowest BCUT2D eigenvalue weighted by Crippen LogP contribution is -2.45. The molecule has 2 aromatic rings. The van der Waals surface area contributed by atoms with E-state index < -0.39 is 5.54 Å². The van der Waals surface area contributed by atoms with E-state index >= 15 is 0 Å². The number of rotatable bonds is 5.